The normalized spacial score (nSPS) is 11.5. The number of ether oxygens (including phenoxy) is 2. The summed E-state index contributed by atoms with van der Waals surface area (Å²) in [5, 5.41) is 3.24. The second kappa shape index (κ2) is 9.82. The van der Waals surface area contributed by atoms with E-state index in [0.29, 0.717) is 23.7 Å². The first-order valence-electron chi connectivity index (χ1n) is 8.40. The minimum Gasteiger partial charge on any atom is -0.494 e. The van der Waals surface area contributed by atoms with Crippen LogP contribution in [0.25, 0.3) is 0 Å². The fraction of sp³-hybridized carbons (Fsp3) is 0.300. The van der Waals surface area contributed by atoms with E-state index in [9.17, 15) is 9.59 Å². The number of halogens is 1. The summed E-state index contributed by atoms with van der Waals surface area (Å²) in [6.45, 7) is 3.81. The van der Waals surface area contributed by atoms with Crippen LogP contribution in [0.3, 0.4) is 0 Å². The highest BCUT2D eigenvalue weighted by Gasteiger charge is 2.18. The van der Waals surface area contributed by atoms with Gasteiger partial charge in [-0.15, -0.1) is 0 Å². The van der Waals surface area contributed by atoms with Crippen molar-refractivity contribution in [2.75, 3.05) is 11.9 Å². The van der Waals surface area contributed by atoms with Gasteiger partial charge in [0.2, 0.25) is 0 Å². The molecule has 2 aromatic rings. The Morgan fingerprint density at radius 1 is 1.15 bits per heavy atom. The number of hydrogen-bond donors (Lipinski definition) is 1. The topological polar surface area (TPSA) is 64.6 Å². The largest absolute Gasteiger partial charge is 0.494 e. The summed E-state index contributed by atoms with van der Waals surface area (Å²) < 4.78 is 10.7. The van der Waals surface area contributed by atoms with Gasteiger partial charge in [-0.2, -0.15) is 0 Å². The van der Waals surface area contributed by atoms with E-state index in [0.717, 1.165) is 11.3 Å². The molecule has 0 spiro atoms. The Balaban J connectivity index is 1.70. The molecule has 0 fully saturated rings. The maximum Gasteiger partial charge on any atom is 0.306 e. The van der Waals surface area contributed by atoms with Crippen LogP contribution < -0.4 is 10.1 Å². The number of carbonyl (C=O) groups excluding carboxylic acids is 2. The van der Waals surface area contributed by atoms with Crippen molar-refractivity contribution in [2.45, 2.75) is 32.8 Å². The lowest BCUT2D eigenvalue weighted by atomic mass is 10.2. The van der Waals surface area contributed by atoms with Crippen molar-refractivity contribution >= 4 is 29.2 Å². The summed E-state index contributed by atoms with van der Waals surface area (Å²) in [6.07, 6.45) is -0.200. The summed E-state index contributed by atoms with van der Waals surface area (Å²) >= 11 is 6.03. The molecule has 0 saturated heterocycles. The van der Waals surface area contributed by atoms with E-state index in [1.54, 1.807) is 18.2 Å². The van der Waals surface area contributed by atoms with Crippen molar-refractivity contribution in [3.8, 4) is 5.75 Å². The summed E-state index contributed by atoms with van der Waals surface area (Å²) in [5.41, 5.74) is 1.48. The van der Waals surface area contributed by atoms with E-state index in [4.69, 9.17) is 21.1 Å². The van der Waals surface area contributed by atoms with Gasteiger partial charge in [-0.1, -0.05) is 35.9 Å². The average molecular weight is 376 g/mol. The maximum atomic E-state index is 12.1. The van der Waals surface area contributed by atoms with Gasteiger partial charge in [0.25, 0.3) is 5.91 Å². The number of amides is 1. The summed E-state index contributed by atoms with van der Waals surface area (Å²) in [5.74, 6) is -0.0876. The Kier molecular flexibility index (Phi) is 7.48. The third-order valence-electron chi connectivity index (χ3n) is 3.65. The third kappa shape index (κ3) is 6.41. The molecule has 0 aliphatic heterocycles. The number of aryl methyl sites for hydroxylation is 1. The number of para-hydroxylation sites is 1. The number of esters is 1. The standard InChI is InChI=1S/C20H22ClNO4/c1-14-10-11-16(13-18(14)21)22-20(24)15(2)26-19(23)9-6-12-25-17-7-4-3-5-8-17/h3-5,7-8,10-11,13,15H,6,9,12H2,1-2H3,(H,22,24)/t15-/m0/s1. The number of hydrogen-bond acceptors (Lipinski definition) is 4. The SMILES string of the molecule is Cc1ccc(NC(=O)[C@H](C)OC(=O)CCCOc2ccccc2)cc1Cl. The number of anilines is 1. The predicted molar refractivity (Wildman–Crippen MR) is 102 cm³/mol. The highest BCUT2D eigenvalue weighted by Crippen LogP contribution is 2.20. The smallest absolute Gasteiger partial charge is 0.306 e. The van der Waals surface area contributed by atoms with Crippen LogP contribution >= 0.6 is 11.6 Å². The number of nitrogens with one attached hydrogen (secondary N) is 1. The Labute approximate surface area is 158 Å². The molecule has 2 rings (SSSR count). The molecule has 1 amide bonds. The van der Waals surface area contributed by atoms with E-state index < -0.39 is 18.0 Å². The van der Waals surface area contributed by atoms with Gasteiger partial charge in [0, 0.05) is 17.1 Å². The summed E-state index contributed by atoms with van der Waals surface area (Å²) in [7, 11) is 0. The van der Waals surface area contributed by atoms with Crippen molar-refractivity contribution < 1.29 is 19.1 Å². The highest BCUT2D eigenvalue weighted by atomic mass is 35.5. The molecule has 1 N–H and O–H groups in total. The second-order valence-electron chi connectivity index (χ2n) is 5.85. The van der Waals surface area contributed by atoms with Gasteiger partial charge in [0.1, 0.15) is 5.75 Å². The van der Waals surface area contributed by atoms with Crippen LogP contribution in [0.1, 0.15) is 25.3 Å². The molecule has 0 aromatic heterocycles. The van der Waals surface area contributed by atoms with E-state index in [-0.39, 0.29) is 6.42 Å². The second-order valence-corrected chi connectivity index (χ2v) is 6.26. The molecule has 0 heterocycles. The number of carbonyl (C=O) groups is 2. The molecule has 5 nitrogen and oxygen atoms in total. The van der Waals surface area contributed by atoms with Crippen molar-refractivity contribution in [1.82, 2.24) is 0 Å². The molecule has 1 atom stereocenters. The lowest BCUT2D eigenvalue weighted by Gasteiger charge is -2.14. The van der Waals surface area contributed by atoms with Crippen LogP contribution in [0.2, 0.25) is 5.02 Å². The lowest BCUT2D eigenvalue weighted by Crippen LogP contribution is -2.30. The molecular weight excluding hydrogens is 354 g/mol. The van der Waals surface area contributed by atoms with Gasteiger partial charge in [-0.05, 0) is 50.1 Å². The van der Waals surface area contributed by atoms with Gasteiger partial charge in [0.15, 0.2) is 6.10 Å². The molecule has 0 bridgehead atoms. The molecule has 0 aliphatic rings. The minimum absolute atomic E-state index is 0.181. The molecule has 0 aliphatic carbocycles. The van der Waals surface area contributed by atoms with E-state index in [1.165, 1.54) is 6.92 Å². The van der Waals surface area contributed by atoms with Crippen molar-refractivity contribution in [1.29, 1.82) is 0 Å². The van der Waals surface area contributed by atoms with E-state index in [2.05, 4.69) is 5.32 Å². The number of rotatable bonds is 8. The van der Waals surface area contributed by atoms with E-state index >= 15 is 0 Å². The maximum absolute atomic E-state index is 12.1. The Morgan fingerprint density at radius 2 is 1.88 bits per heavy atom. The highest BCUT2D eigenvalue weighted by molar-refractivity contribution is 6.31. The first kappa shape index (κ1) is 19.8. The van der Waals surface area contributed by atoms with Gasteiger partial charge in [-0.25, -0.2) is 0 Å². The van der Waals surface area contributed by atoms with Crippen LogP contribution in [0.15, 0.2) is 48.5 Å². The van der Waals surface area contributed by atoms with Crippen molar-refractivity contribution in [2.24, 2.45) is 0 Å². The molecule has 26 heavy (non-hydrogen) atoms. The zero-order valence-corrected chi connectivity index (χ0v) is 15.6. The molecule has 0 unspecified atom stereocenters. The molecule has 2 aromatic carbocycles. The number of benzene rings is 2. The van der Waals surface area contributed by atoms with Crippen LogP contribution in [0.5, 0.6) is 5.75 Å². The van der Waals surface area contributed by atoms with E-state index in [1.807, 2.05) is 37.3 Å². The van der Waals surface area contributed by atoms with Crippen LogP contribution in [-0.4, -0.2) is 24.6 Å². The lowest BCUT2D eigenvalue weighted by molar-refractivity contribution is -0.153. The van der Waals surface area contributed by atoms with Gasteiger partial charge < -0.3 is 14.8 Å². The Morgan fingerprint density at radius 3 is 2.58 bits per heavy atom. The predicted octanol–water partition coefficient (Wildman–Crippen LogP) is 4.38. The Bertz CT molecular complexity index is 749. The van der Waals surface area contributed by atoms with Crippen LogP contribution in [-0.2, 0) is 14.3 Å². The molecule has 0 radical (unpaired) electrons. The van der Waals surface area contributed by atoms with Gasteiger partial charge in [0.05, 0.1) is 6.61 Å². The first-order valence-corrected chi connectivity index (χ1v) is 8.78. The molecular formula is C20H22ClNO4. The molecule has 6 heteroatoms. The van der Waals surface area contributed by atoms with Gasteiger partial charge >= 0.3 is 5.97 Å². The van der Waals surface area contributed by atoms with Gasteiger partial charge in [-0.3, -0.25) is 9.59 Å². The first-order chi connectivity index (χ1) is 12.5. The summed E-state index contributed by atoms with van der Waals surface area (Å²) in [6, 6.07) is 14.6. The fourth-order valence-electron chi connectivity index (χ4n) is 2.15. The Hall–Kier alpha value is -2.53. The average Bonchev–Trinajstić information content (AvgIpc) is 2.62. The van der Waals surface area contributed by atoms with Crippen molar-refractivity contribution in [3.63, 3.8) is 0 Å². The quantitative estimate of drug-likeness (QED) is 0.549. The summed E-state index contributed by atoms with van der Waals surface area (Å²) in [4.78, 5) is 23.9. The fourth-order valence-corrected chi connectivity index (χ4v) is 2.33. The van der Waals surface area contributed by atoms with Crippen molar-refractivity contribution in [3.05, 3.63) is 59.1 Å². The zero-order valence-electron chi connectivity index (χ0n) is 14.8. The minimum atomic E-state index is -0.891. The monoisotopic (exact) mass is 375 g/mol. The van der Waals surface area contributed by atoms with Crippen LogP contribution in [0, 0.1) is 6.92 Å². The van der Waals surface area contributed by atoms with Crippen LogP contribution in [0.4, 0.5) is 5.69 Å². The third-order valence-corrected chi connectivity index (χ3v) is 4.06. The molecule has 0 saturated carbocycles. The molecule has 138 valence electrons. The zero-order chi connectivity index (χ0) is 18.9.